The van der Waals surface area contributed by atoms with Crippen LogP contribution in [-0.2, 0) is 0 Å². The maximum absolute atomic E-state index is 6.50. The number of hydrogen-bond donors (Lipinski definition) is 0. The van der Waals surface area contributed by atoms with E-state index in [2.05, 4.69) is 115 Å². The molecule has 6 aromatic carbocycles. The average molecular weight is 514 g/mol. The second-order valence-corrected chi connectivity index (χ2v) is 10.6. The van der Waals surface area contributed by atoms with Gasteiger partial charge < -0.3 is 13.4 Å². The minimum atomic E-state index is 0.846. The Morgan fingerprint density at radius 3 is 2.08 bits per heavy atom. The lowest BCUT2D eigenvalue weighted by molar-refractivity contribution is 0.663. The van der Waals surface area contributed by atoms with E-state index in [1.165, 1.54) is 38.5 Å². The van der Waals surface area contributed by atoms with Crippen LogP contribution in [0.25, 0.3) is 82.5 Å². The Balaban J connectivity index is 1.33. The number of nitrogens with zero attached hydrogens (tertiary/aromatic N) is 1. The van der Waals surface area contributed by atoms with Crippen LogP contribution in [0.5, 0.6) is 0 Å². The number of hydrogen-bond acceptors (Lipinski definition) is 2. The minimum absolute atomic E-state index is 0.846. The molecule has 0 aliphatic carbocycles. The molecule has 0 bridgehead atoms. The standard InChI is InChI=1S/C37H23NO2/c1-22-10-12-23(13-11-22)24-14-16-27-26-6-2-4-8-31(26)38(32(27)20-24)25-15-18-34-30(21-25)28-17-19-35-36(37(28)40-34)29-7-3-5-9-33(29)39-35/h2-21H,1H3. The summed E-state index contributed by atoms with van der Waals surface area (Å²) in [7, 11) is 0. The summed E-state index contributed by atoms with van der Waals surface area (Å²) in [6.45, 7) is 2.13. The minimum Gasteiger partial charge on any atom is -0.456 e. The molecule has 0 amide bonds. The smallest absolute Gasteiger partial charge is 0.147 e. The third kappa shape index (κ3) is 2.95. The van der Waals surface area contributed by atoms with E-state index in [1.54, 1.807) is 0 Å². The first-order valence-electron chi connectivity index (χ1n) is 13.6. The van der Waals surface area contributed by atoms with E-state index in [9.17, 15) is 0 Å². The SMILES string of the molecule is Cc1ccc(-c2ccc3c4ccccc4n(-c4ccc5oc6c(ccc7oc8ccccc8c76)c5c4)c3c2)cc1. The quantitative estimate of drug-likeness (QED) is 0.230. The Morgan fingerprint density at radius 1 is 0.475 bits per heavy atom. The number of para-hydroxylation sites is 2. The maximum atomic E-state index is 6.50. The third-order valence-corrected chi connectivity index (χ3v) is 8.28. The van der Waals surface area contributed by atoms with Gasteiger partial charge in [0.15, 0.2) is 0 Å². The van der Waals surface area contributed by atoms with E-state index in [-0.39, 0.29) is 0 Å². The highest BCUT2D eigenvalue weighted by atomic mass is 16.3. The van der Waals surface area contributed by atoms with E-state index < -0.39 is 0 Å². The van der Waals surface area contributed by atoms with Gasteiger partial charge in [0, 0.05) is 32.6 Å². The summed E-state index contributed by atoms with van der Waals surface area (Å²) < 4.78 is 15.0. The van der Waals surface area contributed by atoms with Gasteiger partial charge in [-0.05, 0) is 66.6 Å². The molecule has 188 valence electrons. The lowest BCUT2D eigenvalue weighted by Crippen LogP contribution is -1.93. The fourth-order valence-electron chi connectivity index (χ4n) is 6.34. The second kappa shape index (κ2) is 7.87. The maximum Gasteiger partial charge on any atom is 0.147 e. The normalized spacial score (nSPS) is 12.1. The zero-order valence-electron chi connectivity index (χ0n) is 21.8. The third-order valence-electron chi connectivity index (χ3n) is 8.28. The Bertz CT molecular complexity index is 2430. The molecule has 3 aromatic heterocycles. The molecule has 3 nitrogen and oxygen atoms in total. The number of aryl methyl sites for hydroxylation is 1. The zero-order valence-corrected chi connectivity index (χ0v) is 21.8. The van der Waals surface area contributed by atoms with Gasteiger partial charge in [-0.2, -0.15) is 0 Å². The van der Waals surface area contributed by atoms with Gasteiger partial charge in [0.25, 0.3) is 0 Å². The van der Waals surface area contributed by atoms with E-state index in [1.807, 2.05) is 18.2 Å². The van der Waals surface area contributed by atoms with Crippen LogP contribution in [0.4, 0.5) is 0 Å². The van der Waals surface area contributed by atoms with Crippen LogP contribution >= 0.6 is 0 Å². The summed E-state index contributed by atoms with van der Waals surface area (Å²) in [4.78, 5) is 0. The van der Waals surface area contributed by atoms with E-state index in [0.29, 0.717) is 0 Å². The van der Waals surface area contributed by atoms with E-state index >= 15 is 0 Å². The van der Waals surface area contributed by atoms with Crippen LogP contribution in [-0.4, -0.2) is 4.57 Å². The summed E-state index contributed by atoms with van der Waals surface area (Å²) in [6, 6.07) is 43.1. The largest absolute Gasteiger partial charge is 0.456 e. The summed E-state index contributed by atoms with van der Waals surface area (Å²) in [5.74, 6) is 0. The summed E-state index contributed by atoms with van der Waals surface area (Å²) >= 11 is 0. The average Bonchev–Trinajstić information content (AvgIpc) is 3.66. The van der Waals surface area contributed by atoms with Gasteiger partial charge in [-0.15, -0.1) is 0 Å². The number of rotatable bonds is 2. The van der Waals surface area contributed by atoms with Crippen molar-refractivity contribution in [3.05, 3.63) is 127 Å². The lowest BCUT2D eigenvalue weighted by atomic mass is 10.0. The molecule has 0 saturated carbocycles. The van der Waals surface area contributed by atoms with Gasteiger partial charge in [-0.3, -0.25) is 0 Å². The molecule has 0 N–H and O–H groups in total. The molecule has 9 rings (SSSR count). The van der Waals surface area contributed by atoms with Crippen LogP contribution in [0.3, 0.4) is 0 Å². The molecule has 0 aliphatic heterocycles. The van der Waals surface area contributed by atoms with Crippen LogP contribution < -0.4 is 0 Å². The highest BCUT2D eigenvalue weighted by molar-refractivity contribution is 6.22. The monoisotopic (exact) mass is 513 g/mol. The molecule has 40 heavy (non-hydrogen) atoms. The predicted octanol–water partition coefficient (Wildman–Crippen LogP) is 10.6. The van der Waals surface area contributed by atoms with E-state index in [0.717, 1.165) is 49.6 Å². The van der Waals surface area contributed by atoms with Crippen molar-refractivity contribution in [2.75, 3.05) is 0 Å². The zero-order chi connectivity index (χ0) is 26.4. The molecule has 0 spiro atoms. The Hall–Kier alpha value is -5.28. The molecule has 0 aliphatic rings. The number of fused-ring (bicyclic) bond motifs is 10. The van der Waals surface area contributed by atoms with Gasteiger partial charge in [0.1, 0.15) is 22.3 Å². The predicted molar refractivity (Wildman–Crippen MR) is 166 cm³/mol. The summed E-state index contributed by atoms with van der Waals surface area (Å²) in [5, 5.41) is 6.79. The highest BCUT2D eigenvalue weighted by Crippen LogP contribution is 2.41. The molecular weight excluding hydrogens is 490 g/mol. The van der Waals surface area contributed by atoms with Gasteiger partial charge in [-0.1, -0.05) is 78.4 Å². The van der Waals surface area contributed by atoms with Crippen molar-refractivity contribution < 1.29 is 8.83 Å². The lowest BCUT2D eigenvalue weighted by Gasteiger charge is -2.09. The Labute approximate surface area is 229 Å². The van der Waals surface area contributed by atoms with Crippen molar-refractivity contribution in [1.29, 1.82) is 0 Å². The Kier molecular flexibility index (Phi) is 4.26. The summed E-state index contributed by atoms with van der Waals surface area (Å²) in [6.07, 6.45) is 0. The van der Waals surface area contributed by atoms with Crippen LogP contribution in [0.15, 0.2) is 130 Å². The summed E-state index contributed by atoms with van der Waals surface area (Å²) in [5.41, 5.74) is 10.6. The van der Waals surface area contributed by atoms with Crippen LogP contribution in [0.1, 0.15) is 5.56 Å². The van der Waals surface area contributed by atoms with Crippen molar-refractivity contribution in [3.63, 3.8) is 0 Å². The number of aromatic nitrogens is 1. The first kappa shape index (κ1) is 21.6. The van der Waals surface area contributed by atoms with Gasteiger partial charge >= 0.3 is 0 Å². The fourth-order valence-corrected chi connectivity index (χ4v) is 6.34. The molecule has 0 radical (unpaired) electrons. The van der Waals surface area contributed by atoms with Gasteiger partial charge in [0.05, 0.1) is 16.4 Å². The first-order chi connectivity index (χ1) is 19.7. The second-order valence-electron chi connectivity index (χ2n) is 10.6. The molecular formula is C37H23NO2. The van der Waals surface area contributed by atoms with Crippen LogP contribution in [0.2, 0.25) is 0 Å². The molecule has 3 heterocycles. The topological polar surface area (TPSA) is 31.2 Å². The Morgan fingerprint density at radius 2 is 1.18 bits per heavy atom. The van der Waals surface area contributed by atoms with Crippen molar-refractivity contribution in [2.24, 2.45) is 0 Å². The number of benzene rings is 6. The van der Waals surface area contributed by atoms with Crippen molar-refractivity contribution in [2.45, 2.75) is 6.92 Å². The molecule has 9 aromatic rings. The highest BCUT2D eigenvalue weighted by Gasteiger charge is 2.18. The molecule has 0 unspecified atom stereocenters. The molecule has 0 saturated heterocycles. The van der Waals surface area contributed by atoms with Gasteiger partial charge in [0.2, 0.25) is 0 Å². The molecule has 0 fully saturated rings. The van der Waals surface area contributed by atoms with E-state index in [4.69, 9.17) is 8.83 Å². The molecule has 3 heteroatoms. The first-order valence-corrected chi connectivity index (χ1v) is 13.6. The fraction of sp³-hybridized carbons (Fsp3) is 0.0270. The van der Waals surface area contributed by atoms with Crippen LogP contribution in [0, 0.1) is 6.92 Å². The number of furan rings is 2. The van der Waals surface area contributed by atoms with Crippen molar-refractivity contribution >= 4 is 65.7 Å². The van der Waals surface area contributed by atoms with Gasteiger partial charge in [-0.25, -0.2) is 0 Å². The van der Waals surface area contributed by atoms with Crippen molar-refractivity contribution in [3.8, 4) is 16.8 Å². The van der Waals surface area contributed by atoms with Crippen molar-refractivity contribution in [1.82, 2.24) is 4.57 Å². The molecule has 0 atom stereocenters.